The first kappa shape index (κ1) is 13.0. The highest BCUT2D eigenvalue weighted by Gasteiger charge is 2.41. The van der Waals surface area contributed by atoms with E-state index in [1.807, 2.05) is 6.92 Å². The minimum atomic E-state index is -0.0493. The Morgan fingerprint density at radius 2 is 2.18 bits per heavy atom. The number of halogens is 2. The van der Waals surface area contributed by atoms with E-state index < -0.39 is 0 Å². The maximum Gasteiger partial charge on any atom is 0.138 e. The molecule has 1 saturated carbocycles. The van der Waals surface area contributed by atoms with Gasteiger partial charge in [0.1, 0.15) is 18.0 Å². The maximum absolute atomic E-state index is 6.03. The first-order valence-electron chi connectivity index (χ1n) is 5.60. The molecule has 0 bridgehead atoms. The van der Waals surface area contributed by atoms with Gasteiger partial charge in [-0.25, -0.2) is 0 Å². The predicted molar refractivity (Wildman–Crippen MR) is 68.9 cm³/mol. The van der Waals surface area contributed by atoms with Crippen LogP contribution >= 0.6 is 23.2 Å². The predicted octanol–water partition coefficient (Wildman–Crippen LogP) is 2.88. The van der Waals surface area contributed by atoms with Gasteiger partial charge in [-0.1, -0.05) is 23.2 Å². The Bertz CT molecular complexity index is 400. The van der Waals surface area contributed by atoms with E-state index in [9.17, 15) is 0 Å². The van der Waals surface area contributed by atoms with Gasteiger partial charge in [-0.05, 0) is 25.1 Å². The molecule has 3 unspecified atom stereocenters. The number of hydrogen-bond donors (Lipinski definition) is 1. The number of ether oxygens (including phenoxy) is 2. The molecule has 1 aromatic rings. The van der Waals surface area contributed by atoms with Gasteiger partial charge in [0.2, 0.25) is 0 Å². The van der Waals surface area contributed by atoms with Crippen molar-refractivity contribution in [1.29, 1.82) is 0 Å². The molecule has 3 atom stereocenters. The van der Waals surface area contributed by atoms with Gasteiger partial charge in [0, 0.05) is 24.1 Å². The van der Waals surface area contributed by atoms with Crippen LogP contribution in [-0.4, -0.2) is 24.9 Å². The topological polar surface area (TPSA) is 44.5 Å². The van der Waals surface area contributed by atoms with Crippen LogP contribution in [0.2, 0.25) is 10.0 Å². The Morgan fingerprint density at radius 3 is 2.76 bits per heavy atom. The van der Waals surface area contributed by atoms with Gasteiger partial charge < -0.3 is 15.2 Å². The van der Waals surface area contributed by atoms with Crippen molar-refractivity contribution in [2.75, 3.05) is 6.61 Å². The molecule has 2 rings (SSSR count). The van der Waals surface area contributed by atoms with Crippen LogP contribution in [0.5, 0.6) is 5.75 Å². The monoisotopic (exact) mass is 275 g/mol. The molecular weight excluding hydrogens is 261 g/mol. The minimum Gasteiger partial charge on any atom is -0.486 e. The smallest absolute Gasteiger partial charge is 0.138 e. The minimum absolute atomic E-state index is 0.0244. The van der Waals surface area contributed by atoms with Gasteiger partial charge >= 0.3 is 0 Å². The second kappa shape index (κ2) is 5.44. The summed E-state index contributed by atoms with van der Waals surface area (Å²) >= 11 is 11.9. The summed E-state index contributed by atoms with van der Waals surface area (Å²) in [5.74, 6) is 0.623. The molecule has 17 heavy (non-hydrogen) atoms. The summed E-state index contributed by atoms with van der Waals surface area (Å²) in [6.07, 6.45) is 0.708. The molecule has 0 spiro atoms. The lowest BCUT2D eigenvalue weighted by Gasteiger charge is -2.41. The summed E-state index contributed by atoms with van der Waals surface area (Å²) in [6.45, 7) is 2.57. The van der Waals surface area contributed by atoms with Gasteiger partial charge in [0.25, 0.3) is 0 Å². The number of benzene rings is 1. The summed E-state index contributed by atoms with van der Waals surface area (Å²) in [5.41, 5.74) is 5.86. The zero-order chi connectivity index (χ0) is 12.4. The Kier molecular flexibility index (Phi) is 4.15. The maximum atomic E-state index is 6.03. The molecule has 1 aliphatic carbocycles. The zero-order valence-corrected chi connectivity index (χ0v) is 11.0. The fourth-order valence-electron chi connectivity index (χ4n) is 1.89. The molecule has 0 radical (unpaired) electrons. The van der Waals surface area contributed by atoms with Crippen molar-refractivity contribution in [2.45, 2.75) is 31.6 Å². The Balaban J connectivity index is 2.01. The van der Waals surface area contributed by atoms with Crippen molar-refractivity contribution >= 4 is 23.2 Å². The molecule has 0 aromatic heterocycles. The van der Waals surface area contributed by atoms with Crippen LogP contribution in [0, 0.1) is 0 Å². The zero-order valence-electron chi connectivity index (χ0n) is 9.53. The normalized spacial score (nSPS) is 27.6. The second-order valence-electron chi connectivity index (χ2n) is 4.05. The Hall–Kier alpha value is -0.480. The van der Waals surface area contributed by atoms with E-state index in [0.29, 0.717) is 22.4 Å². The number of nitrogens with two attached hydrogens (primary N) is 1. The third-order valence-electron chi connectivity index (χ3n) is 2.82. The van der Waals surface area contributed by atoms with E-state index in [2.05, 4.69) is 0 Å². The summed E-state index contributed by atoms with van der Waals surface area (Å²) in [5, 5.41) is 1.10. The largest absolute Gasteiger partial charge is 0.486 e. The summed E-state index contributed by atoms with van der Waals surface area (Å²) in [6, 6.07) is 5.22. The molecule has 3 nitrogen and oxygen atoms in total. The molecule has 1 aliphatic rings. The van der Waals surface area contributed by atoms with E-state index in [0.717, 1.165) is 6.42 Å². The molecule has 5 heteroatoms. The van der Waals surface area contributed by atoms with Crippen molar-refractivity contribution in [3.8, 4) is 5.75 Å². The van der Waals surface area contributed by atoms with Crippen LogP contribution in [-0.2, 0) is 4.74 Å². The van der Waals surface area contributed by atoms with Crippen LogP contribution < -0.4 is 10.5 Å². The fraction of sp³-hybridized carbons (Fsp3) is 0.500. The summed E-state index contributed by atoms with van der Waals surface area (Å²) in [7, 11) is 0. The molecule has 2 N–H and O–H groups in total. The number of rotatable bonds is 4. The van der Waals surface area contributed by atoms with E-state index in [-0.39, 0.29) is 18.2 Å². The van der Waals surface area contributed by atoms with E-state index in [1.54, 1.807) is 18.2 Å². The lowest BCUT2D eigenvalue weighted by Crippen LogP contribution is -2.59. The van der Waals surface area contributed by atoms with Crippen molar-refractivity contribution in [2.24, 2.45) is 5.73 Å². The average Bonchev–Trinajstić information content (AvgIpc) is 2.28. The third kappa shape index (κ3) is 2.86. The highest BCUT2D eigenvalue weighted by Crippen LogP contribution is 2.33. The van der Waals surface area contributed by atoms with Crippen molar-refractivity contribution < 1.29 is 9.47 Å². The van der Waals surface area contributed by atoms with Gasteiger partial charge in [0.05, 0.1) is 5.02 Å². The molecule has 0 amide bonds. The van der Waals surface area contributed by atoms with Crippen molar-refractivity contribution in [3.63, 3.8) is 0 Å². The first-order valence-corrected chi connectivity index (χ1v) is 6.36. The first-order chi connectivity index (χ1) is 8.11. The molecule has 0 saturated heterocycles. The molecule has 94 valence electrons. The van der Waals surface area contributed by atoms with Gasteiger partial charge in [-0.3, -0.25) is 0 Å². The SMILES string of the molecule is CCOC1C(N)CC1Oc1ccc(Cl)cc1Cl. The lowest BCUT2D eigenvalue weighted by molar-refractivity contribution is -0.0945. The van der Waals surface area contributed by atoms with Crippen LogP contribution in [0.15, 0.2) is 18.2 Å². The van der Waals surface area contributed by atoms with E-state index >= 15 is 0 Å². The van der Waals surface area contributed by atoms with Crippen molar-refractivity contribution in [3.05, 3.63) is 28.2 Å². The molecule has 0 aliphatic heterocycles. The van der Waals surface area contributed by atoms with Gasteiger partial charge in [-0.2, -0.15) is 0 Å². The van der Waals surface area contributed by atoms with E-state index in [1.165, 1.54) is 0 Å². The Labute approximate surface area is 111 Å². The molecule has 1 aromatic carbocycles. The Morgan fingerprint density at radius 1 is 1.41 bits per heavy atom. The standard InChI is InChI=1S/C12H15Cl2NO2/c1-2-16-12-9(15)6-11(12)17-10-4-3-7(13)5-8(10)14/h3-5,9,11-12H,2,6,15H2,1H3. The average molecular weight is 276 g/mol. The lowest BCUT2D eigenvalue weighted by atomic mass is 9.86. The highest BCUT2D eigenvalue weighted by atomic mass is 35.5. The second-order valence-corrected chi connectivity index (χ2v) is 4.89. The van der Waals surface area contributed by atoms with Crippen LogP contribution in [0.4, 0.5) is 0 Å². The molecule has 1 fully saturated rings. The summed E-state index contributed by atoms with van der Waals surface area (Å²) < 4.78 is 11.3. The molecule has 0 heterocycles. The number of hydrogen-bond acceptors (Lipinski definition) is 3. The van der Waals surface area contributed by atoms with Crippen LogP contribution in [0.3, 0.4) is 0 Å². The van der Waals surface area contributed by atoms with Gasteiger partial charge in [0.15, 0.2) is 0 Å². The fourth-order valence-corrected chi connectivity index (χ4v) is 2.34. The third-order valence-corrected chi connectivity index (χ3v) is 3.35. The van der Waals surface area contributed by atoms with Crippen molar-refractivity contribution in [1.82, 2.24) is 0 Å². The quantitative estimate of drug-likeness (QED) is 0.919. The highest BCUT2D eigenvalue weighted by molar-refractivity contribution is 6.35. The van der Waals surface area contributed by atoms with Gasteiger partial charge in [-0.15, -0.1) is 0 Å². The van der Waals surface area contributed by atoms with Crippen LogP contribution in [0.25, 0.3) is 0 Å². The van der Waals surface area contributed by atoms with Crippen LogP contribution in [0.1, 0.15) is 13.3 Å². The summed E-state index contributed by atoms with van der Waals surface area (Å²) in [4.78, 5) is 0. The van der Waals surface area contributed by atoms with E-state index in [4.69, 9.17) is 38.4 Å². The molecular formula is C12H15Cl2NO2.